The highest BCUT2D eigenvalue weighted by Gasteiger charge is 2.23. The fourth-order valence-corrected chi connectivity index (χ4v) is 7.50. The summed E-state index contributed by atoms with van der Waals surface area (Å²) in [5, 5.41) is 8.01. The van der Waals surface area contributed by atoms with Gasteiger partial charge in [-0.1, -0.05) is 152 Å². The summed E-state index contributed by atoms with van der Waals surface area (Å²) in [7, 11) is 0. The van der Waals surface area contributed by atoms with Gasteiger partial charge in [-0.3, -0.25) is 0 Å². The van der Waals surface area contributed by atoms with Crippen LogP contribution in [0, 0.1) is 0 Å². The molecule has 0 fully saturated rings. The second-order valence-electron chi connectivity index (χ2n) is 12.4. The molecule has 0 aliphatic carbocycles. The van der Waals surface area contributed by atoms with Crippen LogP contribution < -0.4 is 0 Å². The average Bonchev–Trinajstić information content (AvgIpc) is 3.77. The zero-order valence-electron chi connectivity index (χ0n) is 26.0. The Bertz CT molecular complexity index is 2750. The zero-order chi connectivity index (χ0) is 31.6. The van der Waals surface area contributed by atoms with E-state index >= 15 is 0 Å². The number of fused-ring (bicyclic) bond motifs is 7. The average molecular weight is 613 g/mol. The maximum absolute atomic E-state index is 6.73. The molecule has 0 amide bonds. The van der Waals surface area contributed by atoms with Crippen LogP contribution >= 0.6 is 0 Å². The van der Waals surface area contributed by atoms with Crippen molar-refractivity contribution in [2.45, 2.75) is 0 Å². The van der Waals surface area contributed by atoms with Gasteiger partial charge in [0.25, 0.3) is 0 Å². The van der Waals surface area contributed by atoms with Crippen molar-refractivity contribution in [2.24, 2.45) is 0 Å². The van der Waals surface area contributed by atoms with Crippen molar-refractivity contribution in [1.82, 2.24) is 0 Å². The van der Waals surface area contributed by atoms with Gasteiger partial charge in [-0.05, 0) is 73.1 Å². The summed E-state index contributed by atoms with van der Waals surface area (Å²) >= 11 is 0. The third kappa shape index (κ3) is 4.06. The van der Waals surface area contributed by atoms with Crippen molar-refractivity contribution in [3.63, 3.8) is 0 Å². The molecule has 0 aliphatic heterocycles. The number of hydrogen-bond donors (Lipinski definition) is 0. The largest absolute Gasteiger partial charge is 0.452 e. The Morgan fingerprint density at radius 3 is 1.42 bits per heavy atom. The lowest BCUT2D eigenvalue weighted by molar-refractivity contribution is 0.611. The van der Waals surface area contributed by atoms with Gasteiger partial charge in [0.15, 0.2) is 11.2 Å². The predicted octanol–water partition coefficient (Wildman–Crippen LogP) is 13.3. The third-order valence-corrected chi connectivity index (χ3v) is 9.69. The van der Waals surface area contributed by atoms with Gasteiger partial charge < -0.3 is 8.83 Å². The molecule has 0 spiro atoms. The molecule has 2 heteroatoms. The zero-order valence-corrected chi connectivity index (χ0v) is 26.0. The van der Waals surface area contributed by atoms with E-state index in [1.165, 1.54) is 49.4 Å². The Kier molecular flexibility index (Phi) is 5.91. The van der Waals surface area contributed by atoms with Gasteiger partial charge in [-0.15, -0.1) is 0 Å². The molecule has 8 aromatic carbocycles. The summed E-state index contributed by atoms with van der Waals surface area (Å²) < 4.78 is 13.2. The van der Waals surface area contributed by atoms with E-state index in [4.69, 9.17) is 8.83 Å². The molecular formula is C46H28O2. The molecule has 0 saturated carbocycles. The molecule has 0 atom stereocenters. The van der Waals surface area contributed by atoms with E-state index in [1.807, 2.05) is 30.3 Å². The van der Waals surface area contributed by atoms with Gasteiger partial charge >= 0.3 is 0 Å². The first-order chi connectivity index (χ1) is 23.8. The Balaban J connectivity index is 1.30. The van der Waals surface area contributed by atoms with E-state index in [9.17, 15) is 0 Å². The number of benzene rings is 8. The summed E-state index contributed by atoms with van der Waals surface area (Å²) in [6.07, 6.45) is 0. The van der Waals surface area contributed by atoms with E-state index in [0.29, 0.717) is 0 Å². The van der Waals surface area contributed by atoms with Crippen LogP contribution in [-0.4, -0.2) is 0 Å². The van der Waals surface area contributed by atoms with E-state index in [2.05, 4.69) is 140 Å². The number of furan rings is 2. The first-order valence-electron chi connectivity index (χ1n) is 16.3. The van der Waals surface area contributed by atoms with E-state index in [0.717, 1.165) is 49.8 Å². The fourth-order valence-electron chi connectivity index (χ4n) is 7.50. The van der Waals surface area contributed by atoms with Crippen LogP contribution in [-0.2, 0) is 0 Å². The van der Waals surface area contributed by atoms with Gasteiger partial charge in [0, 0.05) is 21.7 Å². The highest BCUT2D eigenvalue weighted by molar-refractivity contribution is 6.26. The number of para-hydroxylation sites is 1. The van der Waals surface area contributed by atoms with E-state index in [1.54, 1.807) is 0 Å². The van der Waals surface area contributed by atoms with Crippen molar-refractivity contribution in [2.75, 3.05) is 0 Å². The molecule has 2 heterocycles. The first kappa shape index (κ1) is 26.8. The number of rotatable bonds is 4. The van der Waals surface area contributed by atoms with Crippen molar-refractivity contribution < 1.29 is 8.83 Å². The lowest BCUT2D eigenvalue weighted by Gasteiger charge is -2.18. The normalized spacial score (nSPS) is 11.8. The Morgan fingerprint density at radius 1 is 0.292 bits per heavy atom. The summed E-state index contributed by atoms with van der Waals surface area (Å²) in [5.41, 5.74) is 10.6. The van der Waals surface area contributed by atoms with Crippen molar-refractivity contribution in [1.29, 1.82) is 0 Å². The Morgan fingerprint density at radius 2 is 0.771 bits per heavy atom. The van der Waals surface area contributed by atoms with Gasteiger partial charge in [0.2, 0.25) is 0 Å². The first-order valence-corrected chi connectivity index (χ1v) is 16.3. The minimum atomic E-state index is 0.770. The SMILES string of the molecule is c1ccc(-c2ccc(-c3c4ccccc4c(-c4cc5c6ccccc6oc5c5oc(-c6ccccc6)cc45)c4ccccc34)cc2)cc1. The quantitative estimate of drug-likeness (QED) is 0.185. The summed E-state index contributed by atoms with van der Waals surface area (Å²) in [5.74, 6) is 0.823. The minimum absolute atomic E-state index is 0.770. The second kappa shape index (κ2) is 10.6. The summed E-state index contributed by atoms with van der Waals surface area (Å²) in [4.78, 5) is 0. The van der Waals surface area contributed by atoms with Crippen LogP contribution in [0.2, 0.25) is 0 Å². The minimum Gasteiger partial charge on any atom is -0.452 e. The van der Waals surface area contributed by atoms with Crippen LogP contribution in [0.3, 0.4) is 0 Å². The second-order valence-corrected chi connectivity index (χ2v) is 12.4. The van der Waals surface area contributed by atoms with E-state index in [-0.39, 0.29) is 0 Å². The molecule has 48 heavy (non-hydrogen) atoms. The van der Waals surface area contributed by atoms with Crippen LogP contribution in [0.5, 0.6) is 0 Å². The highest BCUT2D eigenvalue weighted by Crippen LogP contribution is 2.49. The van der Waals surface area contributed by atoms with Crippen LogP contribution in [0.25, 0.3) is 99.2 Å². The fraction of sp³-hybridized carbons (Fsp3) is 0. The Labute approximate surface area is 277 Å². The number of hydrogen-bond acceptors (Lipinski definition) is 2. The molecule has 0 radical (unpaired) electrons. The van der Waals surface area contributed by atoms with Crippen molar-refractivity contribution >= 4 is 54.5 Å². The highest BCUT2D eigenvalue weighted by atomic mass is 16.4. The molecule has 0 aliphatic rings. The molecule has 0 unspecified atom stereocenters. The molecule has 0 saturated heterocycles. The maximum Gasteiger partial charge on any atom is 0.178 e. The summed E-state index contributed by atoms with van der Waals surface area (Å²) in [6, 6.07) is 60.3. The molecule has 224 valence electrons. The van der Waals surface area contributed by atoms with E-state index < -0.39 is 0 Å². The molecule has 10 aromatic rings. The molecule has 2 nitrogen and oxygen atoms in total. The predicted molar refractivity (Wildman–Crippen MR) is 200 cm³/mol. The lowest BCUT2D eigenvalue weighted by Crippen LogP contribution is -1.91. The van der Waals surface area contributed by atoms with Gasteiger partial charge in [0.1, 0.15) is 11.3 Å². The standard InChI is InChI=1S/C46H28O2/c1-3-13-29(14-4-1)30-23-25-32(26-24-30)43-34-18-7-9-20-36(34)44(37-21-10-8-19-35(37)43)38-27-39-33-17-11-12-22-41(33)47-45(39)46-40(38)28-42(48-46)31-15-5-2-6-16-31/h1-28H. The van der Waals surface area contributed by atoms with Crippen molar-refractivity contribution in [3.05, 3.63) is 170 Å². The molecule has 0 N–H and O–H groups in total. The smallest absolute Gasteiger partial charge is 0.178 e. The molecular weight excluding hydrogens is 585 g/mol. The lowest BCUT2D eigenvalue weighted by atomic mass is 9.84. The molecule has 10 rings (SSSR count). The van der Waals surface area contributed by atoms with Gasteiger partial charge in [0.05, 0.1) is 0 Å². The maximum atomic E-state index is 6.73. The van der Waals surface area contributed by atoms with Crippen molar-refractivity contribution in [3.8, 4) is 44.7 Å². The van der Waals surface area contributed by atoms with Gasteiger partial charge in [-0.2, -0.15) is 0 Å². The van der Waals surface area contributed by atoms with Crippen LogP contribution in [0.1, 0.15) is 0 Å². The van der Waals surface area contributed by atoms with Crippen LogP contribution in [0.4, 0.5) is 0 Å². The third-order valence-electron chi connectivity index (χ3n) is 9.69. The van der Waals surface area contributed by atoms with Crippen LogP contribution in [0.15, 0.2) is 179 Å². The van der Waals surface area contributed by atoms with Gasteiger partial charge in [-0.25, -0.2) is 0 Å². The topological polar surface area (TPSA) is 26.3 Å². The Hall–Kier alpha value is -6.38. The molecule has 2 aromatic heterocycles. The molecule has 0 bridgehead atoms. The summed E-state index contributed by atoms with van der Waals surface area (Å²) in [6.45, 7) is 0. The monoisotopic (exact) mass is 612 g/mol.